The lowest BCUT2D eigenvalue weighted by Gasteiger charge is -2.36. The summed E-state index contributed by atoms with van der Waals surface area (Å²) in [5, 5.41) is 22.1. The number of nitrogens with two attached hydrogens (primary N) is 1. The molecule has 0 saturated heterocycles. The van der Waals surface area contributed by atoms with E-state index in [1.807, 2.05) is 6.92 Å². The van der Waals surface area contributed by atoms with Crippen LogP contribution in [0.4, 0.5) is 11.6 Å². The number of nitrogen functional groups attached to an aromatic ring is 1. The summed E-state index contributed by atoms with van der Waals surface area (Å²) in [6, 6.07) is 4.80. The Labute approximate surface area is 170 Å². The highest BCUT2D eigenvalue weighted by Crippen LogP contribution is 2.40. The lowest BCUT2D eigenvalue weighted by Crippen LogP contribution is -2.28. The van der Waals surface area contributed by atoms with Crippen molar-refractivity contribution in [1.82, 2.24) is 24.4 Å². The molecule has 1 saturated carbocycles. The van der Waals surface area contributed by atoms with Crippen LogP contribution >= 0.6 is 0 Å². The maximum atomic E-state index is 9.59. The highest BCUT2D eigenvalue weighted by atomic mass is 15.3. The van der Waals surface area contributed by atoms with Gasteiger partial charge in [-0.05, 0) is 38.2 Å². The fourth-order valence-electron chi connectivity index (χ4n) is 4.25. The van der Waals surface area contributed by atoms with E-state index in [0.29, 0.717) is 35.4 Å². The van der Waals surface area contributed by atoms with Gasteiger partial charge in [0.15, 0.2) is 5.65 Å². The molecule has 3 aromatic heterocycles. The fraction of sp³-hybridized carbons (Fsp3) is 0.524. The molecule has 2 atom stereocenters. The van der Waals surface area contributed by atoms with Gasteiger partial charge >= 0.3 is 0 Å². The van der Waals surface area contributed by atoms with Gasteiger partial charge in [-0.2, -0.15) is 20.0 Å². The van der Waals surface area contributed by atoms with Gasteiger partial charge in [-0.25, -0.2) is 4.98 Å². The van der Waals surface area contributed by atoms with E-state index < -0.39 is 0 Å². The standard InChI is InChI=1S/C21H28N8/c1-4-14-6-7-18(14)28-11-9-15(27-28)8-10-24-20-17(12-22)19(23)29-21(25-20)16(5-2)13(3)26-29/h9,11,14,18H,4-8,10,23H2,1-3H3,(H,24,25). The summed E-state index contributed by atoms with van der Waals surface area (Å²) >= 11 is 0. The fourth-order valence-corrected chi connectivity index (χ4v) is 4.25. The molecule has 0 radical (unpaired) electrons. The third kappa shape index (κ3) is 3.31. The minimum absolute atomic E-state index is 0.322. The summed E-state index contributed by atoms with van der Waals surface area (Å²) in [5.41, 5.74) is 10.2. The van der Waals surface area contributed by atoms with Crippen molar-refractivity contribution < 1.29 is 0 Å². The number of anilines is 2. The van der Waals surface area contributed by atoms with Crippen LogP contribution in [0, 0.1) is 24.2 Å². The minimum atomic E-state index is 0.322. The van der Waals surface area contributed by atoms with Crippen LogP contribution in [-0.2, 0) is 12.8 Å². The number of nitriles is 1. The molecule has 8 nitrogen and oxygen atoms in total. The monoisotopic (exact) mass is 392 g/mol. The van der Waals surface area contributed by atoms with Gasteiger partial charge in [0.1, 0.15) is 23.3 Å². The van der Waals surface area contributed by atoms with E-state index >= 15 is 0 Å². The zero-order chi connectivity index (χ0) is 20.5. The van der Waals surface area contributed by atoms with E-state index in [1.165, 1.54) is 19.3 Å². The first kappa shape index (κ1) is 19.2. The Hall–Kier alpha value is -3.08. The van der Waals surface area contributed by atoms with Crippen molar-refractivity contribution in [2.45, 2.75) is 58.9 Å². The molecule has 0 bridgehead atoms. The van der Waals surface area contributed by atoms with Crippen molar-refractivity contribution in [2.75, 3.05) is 17.6 Å². The van der Waals surface area contributed by atoms with Crippen LogP contribution in [-0.4, -0.2) is 30.9 Å². The predicted octanol–water partition coefficient (Wildman–Crippen LogP) is 3.27. The predicted molar refractivity (Wildman–Crippen MR) is 113 cm³/mol. The van der Waals surface area contributed by atoms with Gasteiger partial charge in [-0.3, -0.25) is 4.68 Å². The topological polar surface area (TPSA) is 110 Å². The van der Waals surface area contributed by atoms with E-state index in [0.717, 1.165) is 35.7 Å². The molecule has 3 aromatic rings. The Kier molecular flexibility index (Phi) is 5.14. The van der Waals surface area contributed by atoms with Gasteiger partial charge in [0.2, 0.25) is 0 Å². The molecule has 4 rings (SSSR count). The Bertz CT molecular complexity index is 1070. The van der Waals surface area contributed by atoms with Crippen molar-refractivity contribution in [1.29, 1.82) is 5.26 Å². The summed E-state index contributed by atoms with van der Waals surface area (Å²) in [4.78, 5) is 4.67. The largest absolute Gasteiger partial charge is 0.382 e. The molecule has 1 fully saturated rings. The lowest BCUT2D eigenvalue weighted by molar-refractivity contribution is 0.161. The number of hydrogen-bond donors (Lipinski definition) is 2. The van der Waals surface area contributed by atoms with Crippen LogP contribution in [0.2, 0.25) is 0 Å². The SMILES string of the molecule is CCc1c(C)nn2c(N)c(C#N)c(NCCc3ccn(C4CCC4CC)n3)nc12. The van der Waals surface area contributed by atoms with Crippen molar-refractivity contribution >= 4 is 17.3 Å². The molecule has 0 aromatic carbocycles. The van der Waals surface area contributed by atoms with Crippen molar-refractivity contribution in [2.24, 2.45) is 5.92 Å². The average molecular weight is 393 g/mol. The van der Waals surface area contributed by atoms with E-state index in [4.69, 9.17) is 10.8 Å². The molecule has 2 unspecified atom stereocenters. The van der Waals surface area contributed by atoms with E-state index in [1.54, 1.807) is 4.52 Å². The minimum Gasteiger partial charge on any atom is -0.382 e. The highest BCUT2D eigenvalue weighted by Gasteiger charge is 2.31. The third-order valence-corrected chi connectivity index (χ3v) is 6.14. The van der Waals surface area contributed by atoms with Gasteiger partial charge < -0.3 is 11.1 Å². The first-order valence-electron chi connectivity index (χ1n) is 10.4. The molecular weight excluding hydrogens is 364 g/mol. The van der Waals surface area contributed by atoms with Crippen LogP contribution in [0.3, 0.4) is 0 Å². The summed E-state index contributed by atoms with van der Waals surface area (Å²) in [6.07, 6.45) is 7.39. The zero-order valence-corrected chi connectivity index (χ0v) is 17.3. The number of hydrogen-bond acceptors (Lipinski definition) is 6. The Morgan fingerprint density at radius 2 is 2.14 bits per heavy atom. The molecule has 3 N–H and O–H groups in total. The summed E-state index contributed by atoms with van der Waals surface area (Å²) < 4.78 is 3.70. The van der Waals surface area contributed by atoms with E-state index in [9.17, 15) is 5.26 Å². The van der Waals surface area contributed by atoms with Gasteiger partial charge in [0.25, 0.3) is 0 Å². The smallest absolute Gasteiger partial charge is 0.163 e. The molecule has 1 aliphatic rings. The Morgan fingerprint density at radius 1 is 1.31 bits per heavy atom. The van der Waals surface area contributed by atoms with E-state index in [2.05, 4.69) is 52.3 Å². The van der Waals surface area contributed by atoms with Gasteiger partial charge in [0, 0.05) is 24.7 Å². The van der Waals surface area contributed by atoms with Gasteiger partial charge in [-0.15, -0.1) is 0 Å². The number of nitrogens with zero attached hydrogens (tertiary/aromatic N) is 6. The van der Waals surface area contributed by atoms with Crippen molar-refractivity contribution in [3.63, 3.8) is 0 Å². The molecule has 0 aliphatic heterocycles. The van der Waals surface area contributed by atoms with Gasteiger partial charge in [0.05, 0.1) is 17.4 Å². The van der Waals surface area contributed by atoms with Crippen LogP contribution in [0.15, 0.2) is 12.3 Å². The number of aromatic nitrogens is 5. The lowest BCUT2D eigenvalue weighted by atomic mass is 9.78. The Morgan fingerprint density at radius 3 is 2.79 bits per heavy atom. The van der Waals surface area contributed by atoms with Crippen LogP contribution < -0.4 is 11.1 Å². The quantitative estimate of drug-likeness (QED) is 0.638. The Balaban J connectivity index is 1.50. The summed E-state index contributed by atoms with van der Waals surface area (Å²) in [5.74, 6) is 1.59. The molecule has 0 spiro atoms. The summed E-state index contributed by atoms with van der Waals surface area (Å²) in [6.45, 7) is 6.88. The molecule has 0 amide bonds. The first-order valence-corrected chi connectivity index (χ1v) is 10.4. The maximum Gasteiger partial charge on any atom is 0.163 e. The molecule has 29 heavy (non-hydrogen) atoms. The first-order chi connectivity index (χ1) is 14.1. The second-order valence-corrected chi connectivity index (χ2v) is 7.76. The number of fused-ring (bicyclic) bond motifs is 1. The normalized spacial score (nSPS) is 18.6. The second-order valence-electron chi connectivity index (χ2n) is 7.76. The molecule has 1 aliphatic carbocycles. The highest BCUT2D eigenvalue weighted by molar-refractivity contribution is 5.69. The molecule has 152 valence electrons. The number of rotatable bonds is 7. The van der Waals surface area contributed by atoms with Crippen LogP contribution in [0.25, 0.3) is 5.65 Å². The second kappa shape index (κ2) is 7.74. The summed E-state index contributed by atoms with van der Waals surface area (Å²) in [7, 11) is 0. The maximum absolute atomic E-state index is 9.59. The van der Waals surface area contributed by atoms with Crippen LogP contribution in [0.1, 0.15) is 61.7 Å². The van der Waals surface area contributed by atoms with Crippen LogP contribution in [0.5, 0.6) is 0 Å². The molecule has 8 heteroatoms. The number of aryl methyl sites for hydroxylation is 2. The van der Waals surface area contributed by atoms with Crippen molar-refractivity contribution in [3.05, 3.63) is 34.8 Å². The zero-order valence-electron chi connectivity index (χ0n) is 17.3. The van der Waals surface area contributed by atoms with Gasteiger partial charge in [-0.1, -0.05) is 20.3 Å². The molecular formula is C21H28N8. The average Bonchev–Trinajstić information content (AvgIpc) is 3.25. The number of nitrogens with one attached hydrogen (secondary N) is 1. The van der Waals surface area contributed by atoms with Crippen molar-refractivity contribution in [3.8, 4) is 6.07 Å². The van der Waals surface area contributed by atoms with E-state index in [-0.39, 0.29) is 0 Å². The molecule has 3 heterocycles. The third-order valence-electron chi connectivity index (χ3n) is 6.14.